The summed E-state index contributed by atoms with van der Waals surface area (Å²) >= 11 is 1.35. The lowest BCUT2D eigenvalue weighted by Crippen LogP contribution is -2.35. The Balaban J connectivity index is 1.33. The normalized spacial score (nSPS) is 15.9. The predicted molar refractivity (Wildman–Crippen MR) is 144 cm³/mol. The van der Waals surface area contributed by atoms with Crippen molar-refractivity contribution >= 4 is 39.8 Å². The van der Waals surface area contributed by atoms with E-state index >= 15 is 0 Å². The standard InChI is InChI=1S/C27H28N4O4S/c1-4-6-18-10-13-22(23(17-18)33-3)35-15-14-34-20-11-8-19(9-12-20)16-21-25(28)31-27(29-26(21)32)36-24(30-31)7-5-2/h4,8-13,16-17,28H,1,5-7,14-15H2,2-3H3/b21-16+,28-25?. The highest BCUT2D eigenvalue weighted by Gasteiger charge is 2.35. The molecule has 0 saturated carbocycles. The van der Waals surface area contributed by atoms with E-state index in [1.54, 1.807) is 13.2 Å². The summed E-state index contributed by atoms with van der Waals surface area (Å²) in [5.41, 5.74) is 2.07. The number of nitrogens with one attached hydrogen (secondary N) is 1. The Labute approximate surface area is 214 Å². The number of allylic oxidation sites excluding steroid dienone is 1. The van der Waals surface area contributed by atoms with Crippen LogP contribution in [0.25, 0.3) is 6.08 Å². The van der Waals surface area contributed by atoms with Crippen LogP contribution in [0.1, 0.15) is 30.9 Å². The van der Waals surface area contributed by atoms with E-state index in [-0.39, 0.29) is 11.4 Å². The molecule has 0 fully saturated rings. The molecule has 2 heterocycles. The number of carbonyl (C=O) groups is 1. The summed E-state index contributed by atoms with van der Waals surface area (Å²) in [6, 6.07) is 13.1. The third-order valence-corrected chi connectivity index (χ3v) is 6.34. The lowest BCUT2D eigenvalue weighted by molar-refractivity contribution is -0.114. The van der Waals surface area contributed by atoms with Gasteiger partial charge < -0.3 is 14.2 Å². The van der Waals surface area contributed by atoms with Gasteiger partial charge in [-0.25, -0.2) is 0 Å². The molecule has 36 heavy (non-hydrogen) atoms. The van der Waals surface area contributed by atoms with Crippen molar-refractivity contribution in [1.82, 2.24) is 5.01 Å². The minimum atomic E-state index is -0.433. The number of fused-ring (bicyclic) bond motifs is 1. The zero-order valence-electron chi connectivity index (χ0n) is 20.3. The van der Waals surface area contributed by atoms with Crippen LogP contribution >= 0.6 is 11.8 Å². The van der Waals surface area contributed by atoms with Gasteiger partial charge in [0, 0.05) is 0 Å². The number of benzene rings is 2. The van der Waals surface area contributed by atoms with Gasteiger partial charge in [-0.1, -0.05) is 31.2 Å². The molecule has 9 heteroatoms. The molecule has 0 radical (unpaired) electrons. The minimum absolute atomic E-state index is 0.0361. The number of hydrogen-bond donors (Lipinski definition) is 1. The summed E-state index contributed by atoms with van der Waals surface area (Å²) < 4.78 is 17.0. The van der Waals surface area contributed by atoms with Crippen molar-refractivity contribution < 1.29 is 19.0 Å². The van der Waals surface area contributed by atoms with E-state index in [0.717, 1.165) is 35.4 Å². The third-order valence-electron chi connectivity index (χ3n) is 5.37. The molecule has 2 aromatic carbocycles. The fourth-order valence-corrected chi connectivity index (χ4v) is 4.60. The summed E-state index contributed by atoms with van der Waals surface area (Å²) in [4.78, 5) is 16.6. The fourth-order valence-electron chi connectivity index (χ4n) is 3.61. The van der Waals surface area contributed by atoms with E-state index in [1.165, 1.54) is 16.8 Å². The Bertz CT molecular complexity index is 1250. The van der Waals surface area contributed by atoms with E-state index in [0.29, 0.717) is 35.6 Å². The number of methoxy groups -OCH3 is 1. The van der Waals surface area contributed by atoms with Crippen molar-refractivity contribution in [1.29, 1.82) is 5.41 Å². The molecule has 186 valence electrons. The van der Waals surface area contributed by atoms with Crippen LogP contribution in [0.2, 0.25) is 0 Å². The SMILES string of the molecule is C=CCc1ccc(OCCOc2ccc(/C=C3\C(=N)N4N=C(CCC)SC4=NC3=O)cc2)c(OC)c1. The van der Waals surface area contributed by atoms with Gasteiger partial charge in [-0.15, -0.1) is 6.58 Å². The Morgan fingerprint density at radius 3 is 2.61 bits per heavy atom. The molecule has 0 aromatic heterocycles. The molecular weight excluding hydrogens is 476 g/mol. The second-order valence-electron chi connectivity index (χ2n) is 8.01. The number of hydrogen-bond acceptors (Lipinski definition) is 7. The number of amides is 1. The third kappa shape index (κ3) is 5.85. The van der Waals surface area contributed by atoms with Crippen molar-refractivity contribution in [2.24, 2.45) is 10.1 Å². The Kier molecular flexibility index (Phi) is 8.22. The van der Waals surface area contributed by atoms with Crippen molar-refractivity contribution in [2.75, 3.05) is 20.3 Å². The second-order valence-corrected chi connectivity index (χ2v) is 9.05. The number of hydrazone groups is 1. The number of rotatable bonds is 11. The van der Waals surface area contributed by atoms with E-state index in [2.05, 4.69) is 23.6 Å². The van der Waals surface area contributed by atoms with Gasteiger partial charge in [0.25, 0.3) is 5.91 Å². The summed E-state index contributed by atoms with van der Waals surface area (Å²) in [7, 11) is 1.61. The first kappa shape index (κ1) is 25.2. The summed E-state index contributed by atoms with van der Waals surface area (Å²) in [5.74, 6) is 1.60. The molecule has 0 bridgehead atoms. The molecule has 2 aromatic rings. The van der Waals surface area contributed by atoms with Gasteiger partial charge in [0.2, 0.25) is 5.17 Å². The molecule has 4 rings (SSSR count). The molecule has 0 saturated heterocycles. The van der Waals surface area contributed by atoms with Gasteiger partial charge in [0.15, 0.2) is 17.3 Å². The number of amidine groups is 2. The Hall–Kier alpha value is -3.85. The second kappa shape index (κ2) is 11.7. The van der Waals surface area contributed by atoms with Crippen LogP contribution in [0.5, 0.6) is 17.2 Å². The lowest BCUT2D eigenvalue weighted by Gasteiger charge is -2.20. The number of carbonyl (C=O) groups excluding carboxylic acids is 1. The molecule has 0 spiro atoms. The van der Waals surface area contributed by atoms with Gasteiger partial charge in [-0.2, -0.15) is 15.1 Å². The maximum Gasteiger partial charge on any atom is 0.283 e. The summed E-state index contributed by atoms with van der Waals surface area (Å²) in [6.07, 6.45) is 5.99. The number of ether oxygens (including phenoxy) is 3. The van der Waals surface area contributed by atoms with Gasteiger partial charge in [0.05, 0.1) is 12.7 Å². The molecule has 1 N–H and O–H groups in total. The highest BCUT2D eigenvalue weighted by atomic mass is 32.2. The Morgan fingerprint density at radius 2 is 1.89 bits per heavy atom. The van der Waals surface area contributed by atoms with Crippen LogP contribution in [-0.2, 0) is 11.2 Å². The summed E-state index contributed by atoms with van der Waals surface area (Å²) in [6.45, 7) is 6.52. The first-order valence-electron chi connectivity index (χ1n) is 11.6. The van der Waals surface area contributed by atoms with E-state index in [9.17, 15) is 4.79 Å². The molecule has 1 amide bonds. The highest BCUT2D eigenvalue weighted by Crippen LogP contribution is 2.30. The first-order valence-corrected chi connectivity index (χ1v) is 12.5. The quantitative estimate of drug-likeness (QED) is 0.253. The molecule has 8 nitrogen and oxygen atoms in total. The van der Waals surface area contributed by atoms with Crippen molar-refractivity contribution in [2.45, 2.75) is 26.2 Å². The van der Waals surface area contributed by atoms with Crippen molar-refractivity contribution in [3.05, 3.63) is 71.8 Å². The zero-order chi connectivity index (χ0) is 25.5. The maximum absolute atomic E-state index is 12.5. The summed E-state index contributed by atoms with van der Waals surface area (Å²) in [5, 5.41) is 15.6. The lowest BCUT2D eigenvalue weighted by atomic mass is 10.1. The van der Waals surface area contributed by atoms with Gasteiger partial charge in [-0.3, -0.25) is 10.2 Å². The minimum Gasteiger partial charge on any atom is -0.493 e. The molecule has 2 aliphatic heterocycles. The first-order chi connectivity index (χ1) is 17.5. The monoisotopic (exact) mass is 504 g/mol. The van der Waals surface area contributed by atoms with E-state index in [1.807, 2.05) is 48.5 Å². The highest BCUT2D eigenvalue weighted by molar-refractivity contribution is 8.26. The molecular formula is C27H28N4O4S. The predicted octanol–water partition coefficient (Wildman–Crippen LogP) is 5.30. The Morgan fingerprint density at radius 1 is 1.11 bits per heavy atom. The molecule has 0 atom stereocenters. The van der Waals surface area contributed by atoms with E-state index < -0.39 is 5.91 Å². The molecule has 0 aliphatic carbocycles. The van der Waals surface area contributed by atoms with Gasteiger partial charge in [-0.05, 0) is 72.5 Å². The largest absolute Gasteiger partial charge is 0.493 e. The number of nitrogens with zero attached hydrogens (tertiary/aromatic N) is 3. The van der Waals surface area contributed by atoms with Crippen LogP contribution in [-0.4, -0.2) is 47.3 Å². The van der Waals surface area contributed by atoms with Gasteiger partial charge >= 0.3 is 0 Å². The zero-order valence-corrected chi connectivity index (χ0v) is 21.1. The number of aliphatic imine (C=N–C) groups is 1. The number of thioether (sulfide) groups is 1. The van der Waals surface area contributed by atoms with Crippen LogP contribution < -0.4 is 14.2 Å². The van der Waals surface area contributed by atoms with Crippen LogP contribution in [0.4, 0.5) is 0 Å². The topological polar surface area (TPSA) is 96.6 Å². The van der Waals surface area contributed by atoms with E-state index in [4.69, 9.17) is 19.6 Å². The average Bonchev–Trinajstić information content (AvgIpc) is 3.28. The van der Waals surface area contributed by atoms with Gasteiger partial charge in [0.1, 0.15) is 24.0 Å². The molecule has 0 unspecified atom stereocenters. The van der Waals surface area contributed by atoms with Crippen molar-refractivity contribution in [3.63, 3.8) is 0 Å². The van der Waals surface area contributed by atoms with Crippen LogP contribution in [0.15, 0.2) is 70.8 Å². The maximum atomic E-state index is 12.5. The average molecular weight is 505 g/mol. The smallest absolute Gasteiger partial charge is 0.283 e. The van der Waals surface area contributed by atoms with Crippen LogP contribution in [0.3, 0.4) is 0 Å². The molecule has 2 aliphatic rings. The fraction of sp³-hybridized carbons (Fsp3) is 0.259. The van der Waals surface area contributed by atoms with Crippen molar-refractivity contribution in [3.8, 4) is 17.2 Å². The van der Waals surface area contributed by atoms with Crippen LogP contribution in [0, 0.1) is 5.41 Å².